The van der Waals surface area contributed by atoms with Gasteiger partial charge in [0.25, 0.3) is 0 Å². The Morgan fingerprint density at radius 2 is 2.12 bits per heavy atom. The molecule has 86 valence electrons. The first-order valence-corrected chi connectivity index (χ1v) is 5.43. The number of ether oxygens (including phenoxy) is 3. The zero-order chi connectivity index (χ0) is 11.2. The molecule has 1 aliphatic heterocycles. The molecule has 0 saturated carbocycles. The maximum atomic E-state index is 5.42. The van der Waals surface area contributed by atoms with Gasteiger partial charge in [-0.25, -0.2) is 0 Å². The van der Waals surface area contributed by atoms with Gasteiger partial charge in [-0.05, 0) is 24.6 Å². The average Bonchev–Trinajstić information content (AvgIpc) is 3.11. The molecule has 3 heteroatoms. The summed E-state index contributed by atoms with van der Waals surface area (Å²) in [5, 5.41) is 0. The second kappa shape index (κ2) is 5.68. The zero-order valence-electron chi connectivity index (χ0n) is 9.39. The molecule has 0 amide bonds. The molecule has 0 bridgehead atoms. The van der Waals surface area contributed by atoms with Crippen LogP contribution >= 0.6 is 0 Å². The topological polar surface area (TPSA) is 31.0 Å². The molecule has 1 atom stereocenters. The van der Waals surface area contributed by atoms with Gasteiger partial charge >= 0.3 is 0 Å². The SMILES string of the molecule is CC=Cc1ccc(OCOCC2CO2)cc1. The van der Waals surface area contributed by atoms with Crippen molar-refractivity contribution in [3.63, 3.8) is 0 Å². The van der Waals surface area contributed by atoms with E-state index in [2.05, 4.69) is 0 Å². The van der Waals surface area contributed by atoms with Gasteiger partial charge in [-0.3, -0.25) is 0 Å². The smallest absolute Gasteiger partial charge is 0.189 e. The van der Waals surface area contributed by atoms with Crippen LogP contribution < -0.4 is 4.74 Å². The number of hydrogen-bond donors (Lipinski definition) is 0. The first-order valence-electron chi connectivity index (χ1n) is 5.43. The fourth-order valence-corrected chi connectivity index (χ4v) is 1.32. The molecule has 1 aromatic carbocycles. The molecule has 0 aliphatic carbocycles. The van der Waals surface area contributed by atoms with Crippen molar-refractivity contribution in [1.82, 2.24) is 0 Å². The van der Waals surface area contributed by atoms with Gasteiger partial charge in [0.05, 0.1) is 13.2 Å². The predicted molar refractivity (Wildman–Crippen MR) is 62.3 cm³/mol. The van der Waals surface area contributed by atoms with Crippen LogP contribution in [0.5, 0.6) is 5.75 Å². The van der Waals surface area contributed by atoms with Crippen LogP contribution in [-0.4, -0.2) is 26.1 Å². The Bertz CT molecular complexity index is 339. The Hall–Kier alpha value is -1.32. The average molecular weight is 220 g/mol. The van der Waals surface area contributed by atoms with Crippen molar-refractivity contribution < 1.29 is 14.2 Å². The highest BCUT2D eigenvalue weighted by atomic mass is 16.7. The first kappa shape index (κ1) is 11.2. The van der Waals surface area contributed by atoms with Gasteiger partial charge < -0.3 is 14.2 Å². The summed E-state index contributed by atoms with van der Waals surface area (Å²) in [5.41, 5.74) is 1.17. The van der Waals surface area contributed by atoms with Crippen molar-refractivity contribution in [3.8, 4) is 5.75 Å². The lowest BCUT2D eigenvalue weighted by molar-refractivity contribution is 0.00821. The third-order valence-electron chi connectivity index (χ3n) is 2.25. The van der Waals surface area contributed by atoms with E-state index in [0.29, 0.717) is 12.7 Å². The maximum Gasteiger partial charge on any atom is 0.189 e. The normalized spacial score (nSPS) is 18.9. The molecule has 1 fully saturated rings. The highest BCUT2D eigenvalue weighted by molar-refractivity contribution is 5.50. The zero-order valence-corrected chi connectivity index (χ0v) is 9.39. The van der Waals surface area contributed by atoms with Crippen molar-refractivity contribution in [1.29, 1.82) is 0 Å². The van der Waals surface area contributed by atoms with Crippen LogP contribution in [0.3, 0.4) is 0 Å². The van der Waals surface area contributed by atoms with Gasteiger partial charge in [0.2, 0.25) is 0 Å². The second-order valence-electron chi connectivity index (χ2n) is 3.66. The van der Waals surface area contributed by atoms with Crippen molar-refractivity contribution >= 4 is 6.08 Å². The Kier molecular flexibility index (Phi) is 3.97. The highest BCUT2D eigenvalue weighted by Gasteiger charge is 2.22. The summed E-state index contributed by atoms with van der Waals surface area (Å²) in [6.45, 7) is 3.72. The molecule has 0 spiro atoms. The Balaban J connectivity index is 1.71. The van der Waals surface area contributed by atoms with Crippen LogP contribution in [-0.2, 0) is 9.47 Å². The van der Waals surface area contributed by atoms with E-state index in [1.807, 2.05) is 43.3 Å². The third-order valence-corrected chi connectivity index (χ3v) is 2.25. The largest absolute Gasteiger partial charge is 0.468 e. The van der Waals surface area contributed by atoms with Crippen molar-refractivity contribution in [2.75, 3.05) is 20.0 Å². The van der Waals surface area contributed by atoms with Crippen LogP contribution in [0.4, 0.5) is 0 Å². The van der Waals surface area contributed by atoms with Gasteiger partial charge in [-0.15, -0.1) is 0 Å². The van der Waals surface area contributed by atoms with Gasteiger partial charge in [0.1, 0.15) is 11.9 Å². The van der Waals surface area contributed by atoms with Crippen LogP contribution in [0, 0.1) is 0 Å². The van der Waals surface area contributed by atoms with E-state index in [0.717, 1.165) is 12.4 Å². The molecule has 1 saturated heterocycles. The number of benzene rings is 1. The maximum absolute atomic E-state index is 5.42. The lowest BCUT2D eigenvalue weighted by Crippen LogP contribution is -2.07. The van der Waals surface area contributed by atoms with Gasteiger partial charge in [0.15, 0.2) is 6.79 Å². The quantitative estimate of drug-likeness (QED) is 0.419. The van der Waals surface area contributed by atoms with Crippen LogP contribution in [0.2, 0.25) is 0 Å². The van der Waals surface area contributed by atoms with Crippen molar-refractivity contribution in [2.24, 2.45) is 0 Å². The van der Waals surface area contributed by atoms with E-state index >= 15 is 0 Å². The fourth-order valence-electron chi connectivity index (χ4n) is 1.32. The van der Waals surface area contributed by atoms with E-state index in [1.54, 1.807) is 0 Å². The summed E-state index contributed by atoms with van der Waals surface area (Å²) < 4.78 is 15.7. The van der Waals surface area contributed by atoms with Crippen molar-refractivity contribution in [2.45, 2.75) is 13.0 Å². The molecule has 1 unspecified atom stereocenters. The Morgan fingerprint density at radius 3 is 2.75 bits per heavy atom. The molecular formula is C13H16O3. The van der Waals surface area contributed by atoms with Crippen LogP contribution in [0.15, 0.2) is 30.3 Å². The Labute approximate surface area is 95.6 Å². The Morgan fingerprint density at radius 1 is 1.38 bits per heavy atom. The van der Waals surface area contributed by atoms with E-state index in [1.165, 1.54) is 5.56 Å². The highest BCUT2D eigenvalue weighted by Crippen LogP contribution is 2.14. The number of epoxide rings is 1. The molecule has 0 radical (unpaired) electrons. The summed E-state index contributed by atoms with van der Waals surface area (Å²) in [5.74, 6) is 0.824. The predicted octanol–water partition coefficient (Wildman–Crippen LogP) is 2.47. The number of allylic oxidation sites excluding steroid dienone is 1. The van der Waals surface area contributed by atoms with Crippen LogP contribution in [0.25, 0.3) is 6.08 Å². The molecule has 0 N–H and O–H groups in total. The monoisotopic (exact) mass is 220 g/mol. The minimum Gasteiger partial charge on any atom is -0.468 e. The van der Waals surface area contributed by atoms with E-state index < -0.39 is 0 Å². The van der Waals surface area contributed by atoms with E-state index in [9.17, 15) is 0 Å². The molecule has 16 heavy (non-hydrogen) atoms. The molecule has 3 nitrogen and oxygen atoms in total. The van der Waals surface area contributed by atoms with Gasteiger partial charge in [-0.1, -0.05) is 24.3 Å². The summed E-state index contributed by atoms with van der Waals surface area (Å²) in [7, 11) is 0. The lowest BCUT2D eigenvalue weighted by Gasteiger charge is -2.06. The minimum atomic E-state index is 0.281. The summed E-state index contributed by atoms with van der Waals surface area (Å²) in [6, 6.07) is 7.90. The molecular weight excluding hydrogens is 204 g/mol. The molecule has 1 aromatic rings. The van der Waals surface area contributed by atoms with Crippen LogP contribution in [0.1, 0.15) is 12.5 Å². The second-order valence-corrected chi connectivity index (χ2v) is 3.66. The van der Waals surface area contributed by atoms with E-state index in [-0.39, 0.29) is 6.79 Å². The first-order chi connectivity index (χ1) is 7.88. The third kappa shape index (κ3) is 3.68. The molecule has 2 rings (SSSR count). The van der Waals surface area contributed by atoms with Gasteiger partial charge in [0, 0.05) is 0 Å². The summed E-state index contributed by atoms with van der Waals surface area (Å²) in [6.07, 6.45) is 4.35. The number of rotatable bonds is 6. The van der Waals surface area contributed by atoms with Gasteiger partial charge in [-0.2, -0.15) is 0 Å². The summed E-state index contributed by atoms with van der Waals surface area (Å²) >= 11 is 0. The minimum absolute atomic E-state index is 0.281. The lowest BCUT2D eigenvalue weighted by atomic mass is 10.2. The fraction of sp³-hybridized carbons (Fsp3) is 0.385. The standard InChI is InChI=1S/C13H16O3/c1-2-3-11-4-6-12(7-5-11)16-10-14-8-13-9-15-13/h2-7,13H,8-10H2,1H3. The molecule has 0 aromatic heterocycles. The van der Waals surface area contributed by atoms with Crippen molar-refractivity contribution in [3.05, 3.63) is 35.9 Å². The molecule has 1 aliphatic rings. The summed E-state index contributed by atoms with van der Waals surface area (Å²) in [4.78, 5) is 0. The number of hydrogen-bond acceptors (Lipinski definition) is 3. The van der Waals surface area contributed by atoms with E-state index in [4.69, 9.17) is 14.2 Å². The molecule has 1 heterocycles.